The van der Waals surface area contributed by atoms with Crippen molar-refractivity contribution in [1.29, 1.82) is 0 Å². The van der Waals surface area contributed by atoms with E-state index in [0.29, 0.717) is 12.1 Å². The van der Waals surface area contributed by atoms with Crippen LogP contribution in [0, 0.1) is 11.8 Å². The summed E-state index contributed by atoms with van der Waals surface area (Å²) in [6, 6.07) is 9.34. The minimum Gasteiger partial charge on any atom is -0.393 e. The Labute approximate surface area is 246 Å². The molecule has 41 heavy (non-hydrogen) atoms. The molecule has 0 spiro atoms. The highest BCUT2D eigenvalue weighted by molar-refractivity contribution is 5.38. The van der Waals surface area contributed by atoms with Crippen LogP contribution in [-0.4, -0.2) is 115 Å². The number of aliphatic hydroxyl groups excluding tert-OH is 1. The first-order chi connectivity index (χ1) is 20.0. The summed E-state index contributed by atoms with van der Waals surface area (Å²) in [5.74, 6) is 3.59. The van der Waals surface area contributed by atoms with Gasteiger partial charge in [-0.15, -0.1) is 0 Å². The van der Waals surface area contributed by atoms with Gasteiger partial charge in [0.05, 0.1) is 12.2 Å². The summed E-state index contributed by atoms with van der Waals surface area (Å²) in [6.07, 6.45) is 15.3. The number of rotatable bonds is 9. The van der Waals surface area contributed by atoms with Gasteiger partial charge in [0, 0.05) is 77.1 Å². The summed E-state index contributed by atoms with van der Waals surface area (Å²) in [5, 5.41) is 9.39. The number of ether oxygens (including phenoxy) is 1. The van der Waals surface area contributed by atoms with Crippen molar-refractivity contribution in [2.45, 2.75) is 75.7 Å². The third-order valence-corrected chi connectivity index (χ3v) is 9.87. The van der Waals surface area contributed by atoms with Gasteiger partial charge in [0.2, 0.25) is 5.95 Å². The quantitative estimate of drug-likeness (QED) is 0.491. The van der Waals surface area contributed by atoms with Crippen molar-refractivity contribution in [3.8, 4) is 0 Å². The van der Waals surface area contributed by atoms with Crippen LogP contribution >= 0.6 is 0 Å². The Bertz CT molecular complexity index is 1000. The lowest BCUT2D eigenvalue weighted by Gasteiger charge is -2.42. The Morgan fingerprint density at radius 3 is 1.80 bits per heavy atom. The largest absolute Gasteiger partial charge is 0.393 e. The van der Waals surface area contributed by atoms with E-state index >= 15 is 0 Å². The van der Waals surface area contributed by atoms with E-state index in [9.17, 15) is 5.11 Å². The smallest absolute Gasteiger partial charge is 0.225 e. The van der Waals surface area contributed by atoms with Crippen molar-refractivity contribution >= 4 is 11.8 Å². The highest BCUT2D eigenvalue weighted by Crippen LogP contribution is 2.30. The second kappa shape index (κ2) is 14.7. The summed E-state index contributed by atoms with van der Waals surface area (Å²) < 4.78 is 5.37. The van der Waals surface area contributed by atoms with Crippen molar-refractivity contribution < 1.29 is 9.84 Å². The summed E-state index contributed by atoms with van der Waals surface area (Å²) in [7, 11) is 6.30. The highest BCUT2D eigenvalue weighted by atomic mass is 16.5. The minimum atomic E-state index is -0.0477. The molecule has 2 aliphatic heterocycles. The molecular formula is C32H51N7O2. The number of piperidine rings is 2. The first-order valence-corrected chi connectivity index (χ1v) is 15.8. The molecule has 2 saturated carbocycles. The van der Waals surface area contributed by atoms with Gasteiger partial charge in [-0.25, -0.2) is 15.0 Å². The number of nitrogens with zero attached hydrogens (tertiary/aromatic N) is 7. The molecule has 9 heteroatoms. The zero-order chi connectivity index (χ0) is 28.6. The molecule has 0 unspecified atom stereocenters. The van der Waals surface area contributed by atoms with Gasteiger partial charge in [-0.1, -0.05) is 6.07 Å². The Balaban J connectivity index is 0.000000165. The zero-order valence-corrected chi connectivity index (χ0v) is 25.4. The molecule has 4 aliphatic rings. The molecule has 2 aromatic rings. The lowest BCUT2D eigenvalue weighted by molar-refractivity contribution is -0.0238. The van der Waals surface area contributed by atoms with Crippen molar-refractivity contribution in [2.24, 2.45) is 11.8 Å². The summed E-state index contributed by atoms with van der Waals surface area (Å²) in [4.78, 5) is 22.8. The standard InChI is InChI=1S/C16H26N4O.C16H25N3O/c1-19(14-10-15(11-14)21-2)12-13-4-8-20(9-5-13)16-17-6-3-7-18-16;1-18(14-10-15(20)11-14)12-13-5-8-19(9-6-13)16-4-2-3-7-17-16/h3,6-7,13-15H,4-5,8-12H2,1-2H3;2-4,7,13-15,20H,5-6,8-12H2,1H3. The maximum atomic E-state index is 9.39. The van der Waals surface area contributed by atoms with Gasteiger partial charge in [0.15, 0.2) is 0 Å². The second-order valence-corrected chi connectivity index (χ2v) is 12.7. The molecule has 0 amide bonds. The van der Waals surface area contributed by atoms with Crippen LogP contribution in [0.3, 0.4) is 0 Å². The molecule has 6 rings (SSSR count). The van der Waals surface area contributed by atoms with E-state index in [0.717, 1.165) is 68.7 Å². The van der Waals surface area contributed by atoms with E-state index in [1.165, 1.54) is 51.6 Å². The van der Waals surface area contributed by atoms with Gasteiger partial charge in [-0.05, 0) is 95.5 Å². The van der Waals surface area contributed by atoms with Crippen LogP contribution in [0.25, 0.3) is 0 Å². The van der Waals surface area contributed by atoms with Crippen molar-refractivity contribution in [3.63, 3.8) is 0 Å². The van der Waals surface area contributed by atoms with Gasteiger partial charge in [-0.2, -0.15) is 0 Å². The van der Waals surface area contributed by atoms with E-state index in [1.807, 2.05) is 37.8 Å². The van der Waals surface area contributed by atoms with Crippen LogP contribution in [-0.2, 0) is 4.74 Å². The molecule has 226 valence electrons. The third kappa shape index (κ3) is 8.37. The molecule has 0 atom stereocenters. The number of hydrogen-bond acceptors (Lipinski definition) is 9. The summed E-state index contributed by atoms with van der Waals surface area (Å²) in [5.41, 5.74) is 0. The molecule has 4 heterocycles. The van der Waals surface area contributed by atoms with Crippen molar-refractivity contribution in [1.82, 2.24) is 24.8 Å². The van der Waals surface area contributed by atoms with E-state index in [1.54, 1.807) is 0 Å². The predicted molar refractivity (Wildman–Crippen MR) is 164 cm³/mol. The molecule has 0 radical (unpaired) electrons. The molecule has 2 aromatic heterocycles. The van der Waals surface area contributed by atoms with E-state index in [-0.39, 0.29) is 6.10 Å². The third-order valence-electron chi connectivity index (χ3n) is 9.87. The monoisotopic (exact) mass is 565 g/mol. The molecule has 4 fully saturated rings. The summed E-state index contributed by atoms with van der Waals surface area (Å²) in [6.45, 7) is 6.77. The average molecular weight is 566 g/mol. The van der Waals surface area contributed by atoms with E-state index in [4.69, 9.17) is 4.74 Å². The van der Waals surface area contributed by atoms with Crippen LogP contribution in [0.5, 0.6) is 0 Å². The Morgan fingerprint density at radius 1 is 0.756 bits per heavy atom. The normalized spacial score (nSPS) is 27.3. The molecule has 0 bridgehead atoms. The average Bonchev–Trinajstić information content (AvgIpc) is 2.97. The Morgan fingerprint density at radius 2 is 1.29 bits per heavy atom. The fraction of sp³-hybridized carbons (Fsp3) is 0.719. The van der Waals surface area contributed by atoms with E-state index in [2.05, 4.69) is 60.8 Å². The SMILES string of the molecule is CN(CC1CCN(c2ccccn2)CC1)C1CC(O)C1.COC1CC(N(C)CC2CCN(c3ncccn3)CC2)C1. The van der Waals surface area contributed by atoms with Crippen LogP contribution in [0.4, 0.5) is 11.8 Å². The molecule has 0 aromatic carbocycles. The number of anilines is 2. The van der Waals surface area contributed by atoms with Gasteiger partial charge < -0.3 is 29.4 Å². The van der Waals surface area contributed by atoms with Crippen LogP contribution in [0.15, 0.2) is 42.9 Å². The topological polar surface area (TPSA) is 81.1 Å². The maximum absolute atomic E-state index is 9.39. The highest BCUT2D eigenvalue weighted by Gasteiger charge is 2.34. The van der Waals surface area contributed by atoms with Crippen LogP contribution in [0.2, 0.25) is 0 Å². The Hall–Kier alpha value is -2.33. The van der Waals surface area contributed by atoms with Gasteiger partial charge in [0.25, 0.3) is 0 Å². The fourth-order valence-corrected chi connectivity index (χ4v) is 6.78. The van der Waals surface area contributed by atoms with Crippen molar-refractivity contribution in [2.75, 3.05) is 70.3 Å². The molecule has 1 N–H and O–H groups in total. The molecular weight excluding hydrogens is 514 g/mol. The van der Waals surface area contributed by atoms with Crippen LogP contribution < -0.4 is 9.80 Å². The zero-order valence-electron chi connectivity index (χ0n) is 25.4. The van der Waals surface area contributed by atoms with E-state index < -0.39 is 0 Å². The van der Waals surface area contributed by atoms with Crippen LogP contribution in [0.1, 0.15) is 51.4 Å². The first kappa shape index (κ1) is 30.1. The first-order valence-electron chi connectivity index (χ1n) is 15.8. The van der Waals surface area contributed by atoms with Gasteiger partial charge in [-0.3, -0.25) is 0 Å². The van der Waals surface area contributed by atoms with Crippen molar-refractivity contribution in [3.05, 3.63) is 42.9 Å². The molecule has 9 nitrogen and oxygen atoms in total. The lowest BCUT2D eigenvalue weighted by atomic mass is 9.86. The molecule has 2 saturated heterocycles. The minimum absolute atomic E-state index is 0.0477. The number of aliphatic hydroxyl groups is 1. The second-order valence-electron chi connectivity index (χ2n) is 12.7. The van der Waals surface area contributed by atoms with Gasteiger partial charge in [0.1, 0.15) is 5.82 Å². The summed E-state index contributed by atoms with van der Waals surface area (Å²) >= 11 is 0. The Kier molecular flexibility index (Phi) is 10.8. The molecule has 2 aliphatic carbocycles. The number of methoxy groups -OCH3 is 1. The maximum Gasteiger partial charge on any atom is 0.225 e. The number of hydrogen-bond donors (Lipinski definition) is 1. The fourth-order valence-electron chi connectivity index (χ4n) is 6.78. The van der Waals surface area contributed by atoms with Gasteiger partial charge >= 0.3 is 0 Å². The number of pyridine rings is 1. The number of aromatic nitrogens is 3. The predicted octanol–water partition coefficient (Wildman–Crippen LogP) is 3.56. The lowest BCUT2D eigenvalue weighted by Crippen LogP contribution is -2.48.